The lowest BCUT2D eigenvalue weighted by molar-refractivity contribution is 0.0985. The third-order valence-corrected chi connectivity index (χ3v) is 9.89. The van der Waals surface area contributed by atoms with E-state index in [1.165, 1.54) is 27.8 Å². The van der Waals surface area contributed by atoms with E-state index in [4.69, 9.17) is 4.98 Å². The Labute approximate surface area is 233 Å². The topological polar surface area (TPSA) is 70.6 Å². The Morgan fingerprint density at radius 1 is 0.947 bits per heavy atom. The first-order valence-electron chi connectivity index (χ1n) is 12.0. The van der Waals surface area contributed by atoms with E-state index in [2.05, 4.69) is 15.9 Å². The molecule has 0 fully saturated rings. The molecule has 6 nitrogen and oxygen atoms in total. The second-order valence-electron chi connectivity index (χ2n) is 8.97. The standard InChI is InChI=1S/C29H22BrN3O3S2/c30-23-12-15-25-27(18-23)37-29(31-25)32(19-20-6-2-1-3-7-20)28(34)22-10-13-24(14-11-22)38(35,36)33-17-16-21-8-4-5-9-26(21)33/h1-15,18H,16-17,19H2. The molecule has 0 unspecified atom stereocenters. The van der Waals surface area contributed by atoms with Gasteiger partial charge in [0.15, 0.2) is 5.13 Å². The van der Waals surface area contributed by atoms with Gasteiger partial charge in [0.2, 0.25) is 0 Å². The molecule has 0 radical (unpaired) electrons. The summed E-state index contributed by atoms with van der Waals surface area (Å²) < 4.78 is 30.2. The van der Waals surface area contributed by atoms with E-state index in [1.807, 2.05) is 72.8 Å². The summed E-state index contributed by atoms with van der Waals surface area (Å²) in [4.78, 5) is 20.3. The first kappa shape index (κ1) is 24.8. The number of hydrogen-bond donors (Lipinski definition) is 0. The lowest BCUT2D eigenvalue weighted by atomic mass is 10.1. The lowest BCUT2D eigenvalue weighted by Crippen LogP contribution is -2.31. The number of aromatic nitrogens is 1. The molecule has 1 amide bonds. The molecular weight excluding hydrogens is 582 g/mol. The predicted molar refractivity (Wildman–Crippen MR) is 155 cm³/mol. The van der Waals surface area contributed by atoms with Crippen LogP contribution in [-0.4, -0.2) is 25.9 Å². The van der Waals surface area contributed by atoms with Crippen LogP contribution in [0.25, 0.3) is 10.2 Å². The van der Waals surface area contributed by atoms with Crippen LogP contribution in [0.15, 0.2) is 106 Å². The van der Waals surface area contributed by atoms with Gasteiger partial charge >= 0.3 is 0 Å². The molecule has 0 spiro atoms. The highest BCUT2D eigenvalue weighted by molar-refractivity contribution is 9.10. The molecule has 1 aliphatic rings. The lowest BCUT2D eigenvalue weighted by Gasteiger charge is -2.21. The highest BCUT2D eigenvalue weighted by atomic mass is 79.9. The molecule has 1 aliphatic heterocycles. The van der Waals surface area contributed by atoms with E-state index in [9.17, 15) is 13.2 Å². The van der Waals surface area contributed by atoms with Gasteiger partial charge in [-0.1, -0.05) is 75.8 Å². The normalized spacial score (nSPS) is 13.0. The maximum absolute atomic E-state index is 13.8. The molecule has 9 heteroatoms. The molecule has 0 N–H and O–H groups in total. The minimum Gasteiger partial charge on any atom is -0.279 e. The molecule has 6 rings (SSSR count). The van der Waals surface area contributed by atoms with E-state index in [1.54, 1.807) is 17.0 Å². The van der Waals surface area contributed by atoms with Crippen LogP contribution in [0.4, 0.5) is 10.8 Å². The van der Waals surface area contributed by atoms with Crippen molar-refractivity contribution in [1.82, 2.24) is 4.98 Å². The highest BCUT2D eigenvalue weighted by Gasteiger charge is 2.31. The fraction of sp³-hybridized carbons (Fsp3) is 0.103. The number of fused-ring (bicyclic) bond motifs is 2. The Morgan fingerprint density at radius 3 is 2.47 bits per heavy atom. The number of halogens is 1. The maximum Gasteiger partial charge on any atom is 0.264 e. The fourth-order valence-corrected chi connectivity index (χ4v) is 7.62. The van der Waals surface area contributed by atoms with Crippen LogP contribution in [0.2, 0.25) is 0 Å². The summed E-state index contributed by atoms with van der Waals surface area (Å²) in [7, 11) is -3.74. The number of carbonyl (C=O) groups is 1. The zero-order chi connectivity index (χ0) is 26.3. The first-order chi connectivity index (χ1) is 18.4. The van der Waals surface area contributed by atoms with Crippen LogP contribution >= 0.6 is 27.3 Å². The predicted octanol–water partition coefficient (Wildman–Crippen LogP) is 6.66. The van der Waals surface area contributed by atoms with Gasteiger partial charge in [0.05, 0.1) is 27.3 Å². The number of thiazole rings is 1. The largest absolute Gasteiger partial charge is 0.279 e. The average Bonchev–Trinajstić information content (AvgIpc) is 3.56. The molecule has 38 heavy (non-hydrogen) atoms. The van der Waals surface area contributed by atoms with Crippen LogP contribution in [0.1, 0.15) is 21.5 Å². The number of carbonyl (C=O) groups excluding carboxylic acids is 1. The van der Waals surface area contributed by atoms with Crippen molar-refractivity contribution in [3.8, 4) is 0 Å². The van der Waals surface area contributed by atoms with E-state index >= 15 is 0 Å². The molecule has 5 aromatic rings. The Hall–Kier alpha value is -3.53. The van der Waals surface area contributed by atoms with Crippen molar-refractivity contribution in [3.05, 3.63) is 118 Å². The minimum atomic E-state index is -3.74. The number of amides is 1. The number of nitrogens with zero attached hydrogens (tertiary/aromatic N) is 3. The van der Waals surface area contributed by atoms with Gasteiger partial charge in [-0.15, -0.1) is 0 Å². The van der Waals surface area contributed by atoms with Crippen molar-refractivity contribution in [2.24, 2.45) is 0 Å². The minimum absolute atomic E-state index is 0.158. The smallest absolute Gasteiger partial charge is 0.264 e. The Morgan fingerprint density at radius 2 is 1.68 bits per heavy atom. The van der Waals surface area contributed by atoms with E-state index in [-0.39, 0.29) is 10.8 Å². The number of benzene rings is 4. The molecular formula is C29H22BrN3O3S2. The third-order valence-electron chi connectivity index (χ3n) is 6.53. The summed E-state index contributed by atoms with van der Waals surface area (Å²) in [5.41, 5.74) is 3.90. The van der Waals surface area contributed by atoms with Gasteiger partial charge in [0.1, 0.15) is 0 Å². The van der Waals surface area contributed by atoms with Gasteiger partial charge in [-0.3, -0.25) is 14.0 Å². The Bertz CT molecular complexity index is 1750. The Balaban J connectivity index is 1.32. The summed E-state index contributed by atoms with van der Waals surface area (Å²) in [6.45, 7) is 0.742. The van der Waals surface area contributed by atoms with Crippen molar-refractivity contribution in [2.75, 3.05) is 15.7 Å². The van der Waals surface area contributed by atoms with Crippen molar-refractivity contribution < 1.29 is 13.2 Å². The van der Waals surface area contributed by atoms with E-state index < -0.39 is 10.0 Å². The second-order valence-corrected chi connectivity index (χ2v) is 12.8. The van der Waals surface area contributed by atoms with Gasteiger partial charge in [0.25, 0.3) is 15.9 Å². The molecule has 0 bridgehead atoms. The highest BCUT2D eigenvalue weighted by Crippen LogP contribution is 2.34. The van der Waals surface area contributed by atoms with E-state index in [0.29, 0.717) is 35.9 Å². The summed E-state index contributed by atoms with van der Waals surface area (Å²) in [6.07, 6.45) is 0.680. The molecule has 4 aromatic carbocycles. The summed E-state index contributed by atoms with van der Waals surface area (Å²) in [5, 5.41) is 0.581. The second kappa shape index (κ2) is 9.98. The molecule has 0 aliphatic carbocycles. The molecule has 2 heterocycles. The van der Waals surface area contributed by atoms with Gasteiger partial charge < -0.3 is 0 Å². The van der Waals surface area contributed by atoms with Crippen molar-refractivity contribution in [2.45, 2.75) is 17.9 Å². The molecule has 0 saturated carbocycles. The zero-order valence-electron chi connectivity index (χ0n) is 20.1. The number of rotatable bonds is 6. The molecule has 1 aromatic heterocycles. The van der Waals surface area contributed by atoms with Gasteiger partial charge in [0, 0.05) is 16.6 Å². The number of para-hydroxylation sites is 1. The van der Waals surface area contributed by atoms with Crippen molar-refractivity contribution >= 4 is 64.2 Å². The van der Waals surface area contributed by atoms with Crippen LogP contribution in [-0.2, 0) is 23.0 Å². The van der Waals surface area contributed by atoms with Crippen LogP contribution in [0, 0.1) is 0 Å². The zero-order valence-corrected chi connectivity index (χ0v) is 23.3. The Kier molecular flexibility index (Phi) is 6.51. The van der Waals surface area contributed by atoms with Crippen LogP contribution in [0.5, 0.6) is 0 Å². The SMILES string of the molecule is O=C(c1ccc(S(=O)(=O)N2CCc3ccccc32)cc1)N(Cc1ccccc1)c1nc2ccc(Br)cc2s1. The third kappa shape index (κ3) is 4.62. The number of hydrogen-bond acceptors (Lipinski definition) is 5. The van der Waals surface area contributed by atoms with Crippen LogP contribution in [0.3, 0.4) is 0 Å². The fourth-order valence-electron chi connectivity index (χ4n) is 4.60. The first-order valence-corrected chi connectivity index (χ1v) is 15.1. The molecule has 190 valence electrons. The summed E-state index contributed by atoms with van der Waals surface area (Å²) in [6, 6.07) is 29.3. The quantitative estimate of drug-likeness (QED) is 0.218. The average molecular weight is 605 g/mol. The van der Waals surface area contributed by atoms with Crippen LogP contribution < -0.4 is 9.21 Å². The van der Waals surface area contributed by atoms with Gasteiger partial charge in [-0.05, 0) is 66.1 Å². The molecule has 0 atom stereocenters. The van der Waals surface area contributed by atoms with Gasteiger partial charge in [-0.25, -0.2) is 13.4 Å². The monoisotopic (exact) mass is 603 g/mol. The number of sulfonamides is 1. The van der Waals surface area contributed by atoms with Crippen molar-refractivity contribution in [1.29, 1.82) is 0 Å². The van der Waals surface area contributed by atoms with Gasteiger partial charge in [-0.2, -0.15) is 0 Å². The summed E-state index contributed by atoms with van der Waals surface area (Å²) >= 11 is 4.94. The van der Waals surface area contributed by atoms with E-state index in [0.717, 1.165) is 25.8 Å². The summed E-state index contributed by atoms with van der Waals surface area (Å²) in [5.74, 6) is -0.248. The number of anilines is 2. The molecule has 0 saturated heterocycles. The maximum atomic E-state index is 13.8. The van der Waals surface area contributed by atoms with Crippen molar-refractivity contribution in [3.63, 3.8) is 0 Å².